The molecule has 7 heteroatoms. The second-order valence-corrected chi connectivity index (χ2v) is 8.27. The van der Waals surface area contributed by atoms with Crippen molar-refractivity contribution in [1.82, 2.24) is 0 Å². The van der Waals surface area contributed by atoms with Gasteiger partial charge in [0.25, 0.3) is 5.91 Å². The molecule has 6 nitrogen and oxygen atoms in total. The van der Waals surface area contributed by atoms with Crippen molar-refractivity contribution in [3.63, 3.8) is 0 Å². The van der Waals surface area contributed by atoms with Gasteiger partial charge >= 0.3 is 0 Å². The fraction of sp³-hybridized carbons (Fsp3) is 0.105. The number of amides is 1. The number of nitrogen functional groups attached to an aromatic ring is 1. The number of anilines is 1. The highest BCUT2D eigenvalue weighted by Gasteiger charge is 2.52. The van der Waals surface area contributed by atoms with Gasteiger partial charge in [-0.2, -0.15) is 0 Å². The Kier molecular flexibility index (Phi) is 3.62. The fourth-order valence-corrected chi connectivity index (χ4v) is 5.97. The van der Waals surface area contributed by atoms with Crippen molar-refractivity contribution in [2.24, 2.45) is 5.73 Å². The average molecular weight is 368 g/mol. The zero-order valence-electron chi connectivity index (χ0n) is 13.6. The third-order valence-electron chi connectivity index (χ3n) is 4.61. The second-order valence-electron chi connectivity index (χ2n) is 6.15. The Morgan fingerprint density at radius 2 is 1.38 bits per heavy atom. The number of furan rings is 1. The first-order chi connectivity index (χ1) is 12.4. The maximum Gasteiger partial charge on any atom is 0.254 e. The molecule has 2 heterocycles. The molecule has 2 aromatic carbocycles. The first kappa shape index (κ1) is 16.4. The van der Waals surface area contributed by atoms with Crippen LogP contribution in [-0.4, -0.2) is 14.3 Å². The minimum absolute atomic E-state index is 0.0594. The summed E-state index contributed by atoms with van der Waals surface area (Å²) < 4.78 is 32.5. The van der Waals surface area contributed by atoms with E-state index in [9.17, 15) is 13.2 Å². The van der Waals surface area contributed by atoms with Crippen molar-refractivity contribution in [3.05, 3.63) is 88.7 Å². The standard InChI is InChI=1S/C19H16N2O4S/c20-18(22)14-13-15(25-19(14)21)17(12-9-5-2-6-10-12)26(23,24)16(13)11-7-3-1-4-8-11/h1-10,16-17H,21H2,(H2,20,22)/t16-,17+/m0/s1. The number of carbonyl (C=O) groups excluding carboxylic acids is 1. The molecule has 1 amide bonds. The summed E-state index contributed by atoms with van der Waals surface area (Å²) in [4.78, 5) is 12.0. The normalized spacial score (nSPS) is 20.6. The van der Waals surface area contributed by atoms with Crippen LogP contribution < -0.4 is 11.5 Å². The largest absolute Gasteiger partial charge is 0.443 e. The first-order valence-electron chi connectivity index (χ1n) is 7.97. The van der Waals surface area contributed by atoms with Crippen LogP contribution in [0.25, 0.3) is 0 Å². The van der Waals surface area contributed by atoms with E-state index in [1.165, 1.54) is 0 Å². The summed E-state index contributed by atoms with van der Waals surface area (Å²) in [5.74, 6) is -0.798. The highest BCUT2D eigenvalue weighted by molar-refractivity contribution is 7.92. The summed E-state index contributed by atoms with van der Waals surface area (Å²) in [6.45, 7) is 0. The third-order valence-corrected chi connectivity index (χ3v) is 6.92. The molecular formula is C19H16N2O4S. The molecule has 0 unspecified atom stereocenters. The molecule has 4 rings (SSSR count). The van der Waals surface area contributed by atoms with Gasteiger partial charge in [-0.3, -0.25) is 4.79 Å². The van der Waals surface area contributed by atoms with Crippen molar-refractivity contribution in [3.8, 4) is 0 Å². The van der Waals surface area contributed by atoms with Crippen molar-refractivity contribution < 1.29 is 17.6 Å². The predicted molar refractivity (Wildman–Crippen MR) is 97.1 cm³/mol. The maximum absolute atomic E-state index is 13.4. The van der Waals surface area contributed by atoms with E-state index in [1.54, 1.807) is 60.7 Å². The number of hydrogen-bond donors (Lipinski definition) is 2. The molecule has 132 valence electrons. The molecule has 1 aliphatic heterocycles. The highest BCUT2D eigenvalue weighted by Crippen LogP contribution is 2.54. The van der Waals surface area contributed by atoms with Crippen LogP contribution in [0, 0.1) is 0 Å². The zero-order valence-corrected chi connectivity index (χ0v) is 14.4. The van der Waals surface area contributed by atoms with Crippen LogP contribution in [0.5, 0.6) is 0 Å². The van der Waals surface area contributed by atoms with E-state index in [-0.39, 0.29) is 22.8 Å². The van der Waals surface area contributed by atoms with Crippen LogP contribution in [0.3, 0.4) is 0 Å². The third kappa shape index (κ3) is 2.24. The number of benzene rings is 2. The van der Waals surface area contributed by atoms with E-state index < -0.39 is 26.2 Å². The van der Waals surface area contributed by atoms with Crippen LogP contribution in [0.1, 0.15) is 43.3 Å². The molecule has 0 saturated heterocycles. The Morgan fingerprint density at radius 1 is 0.885 bits per heavy atom. The van der Waals surface area contributed by atoms with E-state index in [0.29, 0.717) is 11.1 Å². The van der Waals surface area contributed by atoms with Gasteiger partial charge in [-0.15, -0.1) is 0 Å². The van der Waals surface area contributed by atoms with Gasteiger partial charge in [0.05, 0.1) is 0 Å². The highest BCUT2D eigenvalue weighted by atomic mass is 32.2. The summed E-state index contributed by atoms with van der Waals surface area (Å²) in [7, 11) is -3.78. The van der Waals surface area contributed by atoms with Crippen LogP contribution in [0.4, 0.5) is 5.88 Å². The Balaban J connectivity index is 2.05. The number of hydrogen-bond acceptors (Lipinski definition) is 5. The average Bonchev–Trinajstić information content (AvgIpc) is 3.03. The van der Waals surface area contributed by atoms with Crippen LogP contribution in [0.15, 0.2) is 65.1 Å². The number of nitrogens with two attached hydrogens (primary N) is 2. The number of rotatable bonds is 3. The molecule has 0 saturated carbocycles. The molecular weight excluding hydrogens is 352 g/mol. The molecule has 0 bridgehead atoms. The molecule has 2 atom stereocenters. The SMILES string of the molecule is NC(=O)c1c(N)oc2c1[C@H](c1ccccc1)S(=O)(=O)[C@@H]2c1ccccc1. The molecule has 0 radical (unpaired) electrons. The monoisotopic (exact) mass is 368 g/mol. The number of sulfone groups is 1. The number of primary amides is 1. The Morgan fingerprint density at radius 3 is 1.88 bits per heavy atom. The van der Waals surface area contributed by atoms with Crippen molar-refractivity contribution in [2.45, 2.75) is 10.5 Å². The summed E-state index contributed by atoms with van der Waals surface area (Å²) in [5.41, 5.74) is 12.6. The van der Waals surface area contributed by atoms with Gasteiger partial charge in [-0.05, 0) is 11.1 Å². The Bertz CT molecular complexity index is 1090. The van der Waals surface area contributed by atoms with E-state index >= 15 is 0 Å². The van der Waals surface area contributed by atoms with Gasteiger partial charge in [0.1, 0.15) is 21.8 Å². The maximum atomic E-state index is 13.4. The van der Waals surface area contributed by atoms with E-state index in [1.807, 2.05) is 0 Å². The summed E-state index contributed by atoms with van der Waals surface area (Å²) in [6.07, 6.45) is 0. The number of fused-ring (bicyclic) bond motifs is 1. The van der Waals surface area contributed by atoms with Gasteiger partial charge in [0.2, 0.25) is 5.88 Å². The van der Waals surface area contributed by atoms with Gasteiger partial charge in [0.15, 0.2) is 9.84 Å². The predicted octanol–water partition coefficient (Wildman–Crippen LogP) is 2.57. The van der Waals surface area contributed by atoms with Gasteiger partial charge in [-0.1, -0.05) is 60.7 Å². The Hall–Kier alpha value is -3.06. The van der Waals surface area contributed by atoms with Crippen LogP contribution >= 0.6 is 0 Å². The molecule has 0 spiro atoms. The molecule has 4 N–H and O–H groups in total. The minimum atomic E-state index is -3.78. The van der Waals surface area contributed by atoms with E-state index in [2.05, 4.69) is 0 Å². The van der Waals surface area contributed by atoms with Crippen molar-refractivity contribution >= 4 is 21.6 Å². The van der Waals surface area contributed by atoms with Crippen molar-refractivity contribution in [2.75, 3.05) is 5.73 Å². The molecule has 0 aliphatic carbocycles. The topological polar surface area (TPSA) is 116 Å². The lowest BCUT2D eigenvalue weighted by molar-refractivity contribution is 0.1000. The molecule has 0 fully saturated rings. The lowest BCUT2D eigenvalue weighted by Crippen LogP contribution is -2.19. The summed E-state index contributed by atoms with van der Waals surface area (Å²) in [5, 5.41) is -2.10. The second kappa shape index (κ2) is 5.74. The van der Waals surface area contributed by atoms with E-state index in [4.69, 9.17) is 15.9 Å². The fourth-order valence-electron chi connectivity index (χ4n) is 3.59. The summed E-state index contributed by atoms with van der Waals surface area (Å²) >= 11 is 0. The molecule has 1 aliphatic rings. The van der Waals surface area contributed by atoms with Gasteiger partial charge in [-0.25, -0.2) is 8.42 Å². The smallest absolute Gasteiger partial charge is 0.254 e. The Labute approximate surface area is 150 Å². The van der Waals surface area contributed by atoms with E-state index in [0.717, 1.165) is 0 Å². The van der Waals surface area contributed by atoms with Crippen LogP contribution in [0.2, 0.25) is 0 Å². The van der Waals surface area contributed by atoms with Gasteiger partial charge in [0, 0.05) is 5.56 Å². The van der Waals surface area contributed by atoms with Gasteiger partial charge < -0.3 is 15.9 Å². The lowest BCUT2D eigenvalue weighted by atomic mass is 9.98. The quantitative estimate of drug-likeness (QED) is 0.737. The molecule has 1 aromatic heterocycles. The molecule has 26 heavy (non-hydrogen) atoms. The minimum Gasteiger partial charge on any atom is -0.443 e. The van der Waals surface area contributed by atoms with Crippen molar-refractivity contribution in [1.29, 1.82) is 0 Å². The molecule has 3 aromatic rings. The first-order valence-corrected chi connectivity index (χ1v) is 9.58. The summed E-state index contributed by atoms with van der Waals surface area (Å²) in [6, 6.07) is 17.4. The van der Waals surface area contributed by atoms with Crippen LogP contribution in [-0.2, 0) is 9.84 Å². The lowest BCUT2D eigenvalue weighted by Gasteiger charge is -2.16. The zero-order chi connectivity index (χ0) is 18.5. The number of carbonyl (C=O) groups is 1.